The number of hydrogen-bond donors (Lipinski definition) is 1. The fourth-order valence-corrected chi connectivity index (χ4v) is 2.92. The number of rotatable bonds is 8. The summed E-state index contributed by atoms with van der Waals surface area (Å²) in [6, 6.07) is 0.787. The Balaban J connectivity index is 2.35. The molecule has 0 aromatic heterocycles. The molecule has 1 heteroatoms. The molecule has 1 aliphatic rings. The Kier molecular flexibility index (Phi) is 6.31. The Morgan fingerprint density at radius 3 is 2.07 bits per heavy atom. The highest BCUT2D eigenvalue weighted by atomic mass is 14.9. The van der Waals surface area contributed by atoms with Crippen molar-refractivity contribution in [2.75, 3.05) is 7.05 Å². The van der Waals surface area contributed by atoms with Gasteiger partial charge < -0.3 is 5.32 Å². The van der Waals surface area contributed by atoms with E-state index >= 15 is 0 Å². The summed E-state index contributed by atoms with van der Waals surface area (Å²) in [7, 11) is 2.15. The van der Waals surface area contributed by atoms with Crippen LogP contribution < -0.4 is 5.32 Å². The maximum atomic E-state index is 3.57. The van der Waals surface area contributed by atoms with Crippen LogP contribution in [0, 0.1) is 11.8 Å². The molecule has 0 bridgehead atoms. The predicted molar refractivity (Wildman–Crippen MR) is 68.1 cm³/mol. The maximum absolute atomic E-state index is 3.57. The molecule has 1 nitrogen and oxygen atoms in total. The van der Waals surface area contributed by atoms with Gasteiger partial charge in [-0.25, -0.2) is 0 Å². The van der Waals surface area contributed by atoms with Gasteiger partial charge in [0.1, 0.15) is 0 Å². The van der Waals surface area contributed by atoms with Crippen molar-refractivity contribution in [3.63, 3.8) is 0 Å². The maximum Gasteiger partial charge on any atom is 0.00949 e. The molecule has 0 radical (unpaired) electrons. The van der Waals surface area contributed by atoms with Crippen LogP contribution in [0.1, 0.15) is 65.2 Å². The van der Waals surface area contributed by atoms with Crippen molar-refractivity contribution in [1.82, 2.24) is 5.32 Å². The molecule has 90 valence electrons. The second-order valence-corrected chi connectivity index (χ2v) is 5.27. The second-order valence-electron chi connectivity index (χ2n) is 5.27. The van der Waals surface area contributed by atoms with Crippen molar-refractivity contribution < 1.29 is 0 Å². The number of hydrogen-bond acceptors (Lipinski definition) is 1. The third-order valence-electron chi connectivity index (χ3n) is 4.07. The fraction of sp³-hybridized carbons (Fsp3) is 1.00. The van der Waals surface area contributed by atoms with Crippen LogP contribution in [0.3, 0.4) is 0 Å². The van der Waals surface area contributed by atoms with E-state index in [0.717, 1.165) is 17.9 Å². The van der Waals surface area contributed by atoms with Gasteiger partial charge in [-0.1, -0.05) is 46.0 Å². The van der Waals surface area contributed by atoms with E-state index in [2.05, 4.69) is 26.2 Å². The fourth-order valence-electron chi connectivity index (χ4n) is 2.92. The molecule has 1 saturated carbocycles. The van der Waals surface area contributed by atoms with Crippen LogP contribution >= 0.6 is 0 Å². The van der Waals surface area contributed by atoms with Crippen LogP contribution in [0.4, 0.5) is 0 Å². The van der Waals surface area contributed by atoms with Crippen molar-refractivity contribution in [2.45, 2.75) is 71.3 Å². The SMILES string of the molecule is CCCC(CCC)C(CC1CCC1)NC. The summed E-state index contributed by atoms with van der Waals surface area (Å²) in [6.07, 6.45) is 11.4. The van der Waals surface area contributed by atoms with E-state index in [1.165, 1.54) is 51.4 Å². The largest absolute Gasteiger partial charge is 0.317 e. The minimum Gasteiger partial charge on any atom is -0.317 e. The zero-order valence-corrected chi connectivity index (χ0v) is 10.9. The Hall–Kier alpha value is -0.0400. The van der Waals surface area contributed by atoms with Crippen molar-refractivity contribution >= 4 is 0 Å². The monoisotopic (exact) mass is 211 g/mol. The van der Waals surface area contributed by atoms with E-state index in [9.17, 15) is 0 Å². The summed E-state index contributed by atoms with van der Waals surface area (Å²) in [4.78, 5) is 0. The van der Waals surface area contributed by atoms with Crippen molar-refractivity contribution in [3.8, 4) is 0 Å². The van der Waals surface area contributed by atoms with E-state index in [4.69, 9.17) is 0 Å². The van der Waals surface area contributed by atoms with E-state index in [0.29, 0.717) is 0 Å². The smallest absolute Gasteiger partial charge is 0.00949 e. The molecule has 0 amide bonds. The first-order valence-electron chi connectivity index (χ1n) is 6.99. The van der Waals surface area contributed by atoms with E-state index in [-0.39, 0.29) is 0 Å². The average Bonchev–Trinajstić information content (AvgIpc) is 2.17. The van der Waals surface area contributed by atoms with Gasteiger partial charge in [0.15, 0.2) is 0 Å². The van der Waals surface area contributed by atoms with Gasteiger partial charge in [0.05, 0.1) is 0 Å². The Labute approximate surface area is 96.0 Å². The lowest BCUT2D eigenvalue weighted by molar-refractivity contribution is 0.214. The van der Waals surface area contributed by atoms with Crippen LogP contribution in [-0.2, 0) is 0 Å². The minimum absolute atomic E-state index is 0.787. The van der Waals surface area contributed by atoms with Gasteiger partial charge in [-0.2, -0.15) is 0 Å². The molecule has 0 saturated heterocycles. The highest BCUT2D eigenvalue weighted by Crippen LogP contribution is 2.33. The summed E-state index contributed by atoms with van der Waals surface area (Å²) < 4.78 is 0. The van der Waals surface area contributed by atoms with Gasteiger partial charge in [-0.15, -0.1) is 0 Å². The lowest BCUT2D eigenvalue weighted by atomic mass is 9.76. The first-order valence-corrected chi connectivity index (χ1v) is 6.99. The summed E-state index contributed by atoms with van der Waals surface area (Å²) >= 11 is 0. The van der Waals surface area contributed by atoms with Crippen LogP contribution in [0.2, 0.25) is 0 Å². The van der Waals surface area contributed by atoms with Gasteiger partial charge >= 0.3 is 0 Å². The lowest BCUT2D eigenvalue weighted by Crippen LogP contribution is -2.36. The van der Waals surface area contributed by atoms with Crippen LogP contribution in [0.5, 0.6) is 0 Å². The highest BCUT2D eigenvalue weighted by Gasteiger charge is 2.25. The standard InChI is InChI=1S/C14H29N/c1-4-7-13(8-5-2)14(15-3)11-12-9-6-10-12/h12-15H,4-11H2,1-3H3. The Bertz CT molecular complexity index is 145. The molecule has 0 spiro atoms. The highest BCUT2D eigenvalue weighted by molar-refractivity contribution is 4.81. The first-order chi connectivity index (χ1) is 7.31. The van der Waals surface area contributed by atoms with Crippen molar-refractivity contribution in [2.24, 2.45) is 11.8 Å². The normalized spacial score (nSPS) is 19.2. The van der Waals surface area contributed by atoms with Crippen LogP contribution in [-0.4, -0.2) is 13.1 Å². The van der Waals surface area contributed by atoms with Crippen molar-refractivity contribution in [3.05, 3.63) is 0 Å². The van der Waals surface area contributed by atoms with Gasteiger partial charge in [0.2, 0.25) is 0 Å². The zero-order valence-electron chi connectivity index (χ0n) is 10.9. The third kappa shape index (κ3) is 4.14. The molecular weight excluding hydrogens is 182 g/mol. The molecule has 1 unspecified atom stereocenters. The molecule has 1 rings (SSSR count). The van der Waals surface area contributed by atoms with Gasteiger partial charge in [-0.3, -0.25) is 0 Å². The summed E-state index contributed by atoms with van der Waals surface area (Å²) in [5.41, 5.74) is 0. The predicted octanol–water partition coefficient (Wildman–Crippen LogP) is 3.98. The summed E-state index contributed by atoms with van der Waals surface area (Å²) in [6.45, 7) is 4.64. The molecule has 0 heterocycles. The second kappa shape index (κ2) is 7.27. The molecule has 15 heavy (non-hydrogen) atoms. The number of nitrogens with one attached hydrogen (secondary N) is 1. The first kappa shape index (κ1) is 13.0. The van der Waals surface area contributed by atoms with Crippen molar-refractivity contribution in [1.29, 1.82) is 0 Å². The lowest BCUT2D eigenvalue weighted by Gasteiger charge is -2.34. The van der Waals surface area contributed by atoms with Gasteiger partial charge in [0, 0.05) is 6.04 Å². The van der Waals surface area contributed by atoms with Crippen LogP contribution in [0.25, 0.3) is 0 Å². The molecule has 0 aromatic carbocycles. The van der Waals surface area contributed by atoms with E-state index in [1.54, 1.807) is 0 Å². The Morgan fingerprint density at radius 2 is 1.73 bits per heavy atom. The Morgan fingerprint density at radius 1 is 1.13 bits per heavy atom. The molecule has 0 aromatic rings. The molecule has 0 aliphatic heterocycles. The topological polar surface area (TPSA) is 12.0 Å². The third-order valence-corrected chi connectivity index (χ3v) is 4.07. The van der Waals surface area contributed by atoms with E-state index < -0.39 is 0 Å². The van der Waals surface area contributed by atoms with E-state index in [1.807, 2.05) is 0 Å². The van der Waals surface area contributed by atoms with Crippen LogP contribution in [0.15, 0.2) is 0 Å². The minimum atomic E-state index is 0.787. The average molecular weight is 211 g/mol. The zero-order chi connectivity index (χ0) is 11.1. The molecule has 1 aliphatic carbocycles. The quantitative estimate of drug-likeness (QED) is 0.640. The van der Waals surface area contributed by atoms with Gasteiger partial charge in [0.25, 0.3) is 0 Å². The molecule has 1 fully saturated rings. The molecular formula is C14H29N. The summed E-state index contributed by atoms with van der Waals surface area (Å²) in [5.74, 6) is 1.96. The molecule has 1 N–H and O–H groups in total. The molecule has 1 atom stereocenters. The summed E-state index contributed by atoms with van der Waals surface area (Å²) in [5, 5.41) is 3.57. The van der Waals surface area contributed by atoms with Gasteiger partial charge in [-0.05, 0) is 38.1 Å².